The topological polar surface area (TPSA) is 29.1 Å². The van der Waals surface area contributed by atoms with Crippen molar-refractivity contribution in [2.45, 2.75) is 19.3 Å². The van der Waals surface area contributed by atoms with Crippen molar-refractivity contribution < 1.29 is 9.18 Å². The lowest BCUT2D eigenvalue weighted by atomic mass is 9.98. The van der Waals surface area contributed by atoms with E-state index in [2.05, 4.69) is 21.2 Å². The number of halogens is 3. The molecule has 1 aliphatic heterocycles. The molecule has 1 aliphatic rings. The molecule has 5 heteroatoms. The monoisotopic (exact) mass is 333 g/mol. The molecular formula is C13H14BrClFNO. The van der Waals surface area contributed by atoms with Gasteiger partial charge in [0.15, 0.2) is 11.6 Å². The fraction of sp³-hybridized carbons (Fsp3) is 0.462. The first kappa shape index (κ1) is 14.0. The molecule has 2 rings (SSSR count). The Balaban J connectivity index is 2.02. The molecule has 1 saturated heterocycles. The van der Waals surface area contributed by atoms with Gasteiger partial charge in [-0.1, -0.05) is 11.6 Å². The summed E-state index contributed by atoms with van der Waals surface area (Å²) < 4.78 is 14.3. The number of carbonyl (C=O) groups excluding carboxylic acids is 1. The largest absolute Gasteiger partial charge is 0.316 e. The van der Waals surface area contributed by atoms with E-state index in [0.717, 1.165) is 25.9 Å². The van der Waals surface area contributed by atoms with Gasteiger partial charge in [-0.15, -0.1) is 0 Å². The molecule has 1 N–H and O–H groups in total. The van der Waals surface area contributed by atoms with E-state index in [0.29, 0.717) is 16.8 Å². The van der Waals surface area contributed by atoms with Gasteiger partial charge < -0.3 is 5.32 Å². The van der Waals surface area contributed by atoms with Crippen molar-refractivity contribution in [3.05, 3.63) is 33.0 Å². The summed E-state index contributed by atoms with van der Waals surface area (Å²) >= 11 is 8.90. The molecule has 0 bridgehead atoms. The summed E-state index contributed by atoms with van der Waals surface area (Å²) in [6.07, 6.45) is 2.27. The van der Waals surface area contributed by atoms with Crippen LogP contribution in [0.4, 0.5) is 4.39 Å². The Morgan fingerprint density at radius 2 is 2.33 bits per heavy atom. The average molecular weight is 335 g/mol. The molecule has 0 spiro atoms. The lowest BCUT2D eigenvalue weighted by Crippen LogP contribution is -2.11. The number of nitrogens with one attached hydrogen (secondary N) is 1. The maximum Gasteiger partial charge on any atom is 0.165 e. The first-order valence-corrected chi connectivity index (χ1v) is 7.14. The average Bonchev–Trinajstić information content (AvgIpc) is 2.86. The van der Waals surface area contributed by atoms with Gasteiger partial charge in [0.1, 0.15) is 0 Å². The van der Waals surface area contributed by atoms with Gasteiger partial charge >= 0.3 is 0 Å². The van der Waals surface area contributed by atoms with Crippen molar-refractivity contribution in [3.63, 3.8) is 0 Å². The van der Waals surface area contributed by atoms with E-state index >= 15 is 0 Å². The van der Waals surface area contributed by atoms with Gasteiger partial charge in [0.05, 0.1) is 10.6 Å². The predicted molar refractivity (Wildman–Crippen MR) is 73.7 cm³/mol. The minimum Gasteiger partial charge on any atom is -0.316 e. The third-order valence-electron chi connectivity index (χ3n) is 3.28. The second-order valence-electron chi connectivity index (χ2n) is 4.54. The standard InChI is InChI=1S/C13H14BrClFNO/c14-10-3-2-9(13(16)12(10)15)11(18)4-1-8-5-6-17-7-8/h2-3,8,17H,1,4-7H2. The van der Waals surface area contributed by atoms with Gasteiger partial charge in [0, 0.05) is 10.9 Å². The summed E-state index contributed by atoms with van der Waals surface area (Å²) in [5.41, 5.74) is 0.0918. The molecule has 0 amide bonds. The van der Waals surface area contributed by atoms with Crippen molar-refractivity contribution in [1.29, 1.82) is 0 Å². The SMILES string of the molecule is O=C(CCC1CCNC1)c1ccc(Br)c(Cl)c1F. The molecule has 0 aliphatic carbocycles. The maximum atomic E-state index is 13.8. The maximum absolute atomic E-state index is 13.8. The van der Waals surface area contributed by atoms with Gasteiger partial charge in [-0.2, -0.15) is 0 Å². The van der Waals surface area contributed by atoms with Crippen LogP contribution < -0.4 is 5.32 Å². The molecule has 18 heavy (non-hydrogen) atoms. The lowest BCUT2D eigenvalue weighted by Gasteiger charge is -2.08. The van der Waals surface area contributed by atoms with E-state index in [-0.39, 0.29) is 16.4 Å². The molecule has 0 aromatic heterocycles. The number of ketones is 1. The van der Waals surface area contributed by atoms with Crippen molar-refractivity contribution in [3.8, 4) is 0 Å². The fourth-order valence-corrected chi connectivity index (χ4v) is 2.64. The number of rotatable bonds is 4. The second-order valence-corrected chi connectivity index (χ2v) is 5.78. The normalized spacial score (nSPS) is 19.2. The zero-order valence-corrected chi connectivity index (χ0v) is 12.2. The van der Waals surface area contributed by atoms with Crippen LogP contribution in [0, 0.1) is 11.7 Å². The van der Waals surface area contributed by atoms with E-state index < -0.39 is 5.82 Å². The number of hydrogen-bond donors (Lipinski definition) is 1. The smallest absolute Gasteiger partial charge is 0.165 e. The second kappa shape index (κ2) is 6.13. The van der Waals surface area contributed by atoms with E-state index in [1.54, 1.807) is 6.07 Å². The lowest BCUT2D eigenvalue weighted by molar-refractivity contribution is 0.0970. The Kier molecular flexibility index (Phi) is 4.76. The Morgan fingerprint density at radius 1 is 1.56 bits per heavy atom. The fourth-order valence-electron chi connectivity index (χ4n) is 2.17. The van der Waals surface area contributed by atoms with Gasteiger partial charge in [-0.25, -0.2) is 4.39 Å². The molecule has 0 radical (unpaired) electrons. The third kappa shape index (κ3) is 3.11. The van der Waals surface area contributed by atoms with Crippen LogP contribution >= 0.6 is 27.5 Å². The molecule has 0 saturated carbocycles. The molecule has 1 aromatic rings. The van der Waals surface area contributed by atoms with Crippen LogP contribution in [-0.4, -0.2) is 18.9 Å². The molecule has 1 aromatic carbocycles. The van der Waals surface area contributed by atoms with Gasteiger partial charge in [-0.3, -0.25) is 4.79 Å². The van der Waals surface area contributed by atoms with E-state index in [9.17, 15) is 9.18 Å². The van der Waals surface area contributed by atoms with Crippen LogP contribution in [0.15, 0.2) is 16.6 Å². The molecular weight excluding hydrogens is 321 g/mol. The summed E-state index contributed by atoms with van der Waals surface area (Å²) in [5.74, 6) is -0.266. The first-order valence-electron chi connectivity index (χ1n) is 5.97. The molecule has 1 unspecified atom stereocenters. The molecule has 1 atom stereocenters. The molecule has 1 heterocycles. The van der Waals surface area contributed by atoms with Gasteiger partial charge in [0.25, 0.3) is 0 Å². The molecule has 1 fully saturated rings. The number of carbonyl (C=O) groups is 1. The summed E-state index contributed by atoms with van der Waals surface area (Å²) in [6.45, 7) is 1.97. The highest BCUT2D eigenvalue weighted by molar-refractivity contribution is 9.10. The summed E-state index contributed by atoms with van der Waals surface area (Å²) in [5, 5.41) is 3.23. The van der Waals surface area contributed by atoms with Gasteiger partial charge in [-0.05, 0) is 59.9 Å². The quantitative estimate of drug-likeness (QED) is 0.670. The summed E-state index contributed by atoms with van der Waals surface area (Å²) in [4.78, 5) is 12.0. The number of hydrogen-bond acceptors (Lipinski definition) is 2. The van der Waals surface area contributed by atoms with Crippen molar-refractivity contribution in [2.75, 3.05) is 13.1 Å². The third-order valence-corrected chi connectivity index (χ3v) is 4.54. The van der Waals surface area contributed by atoms with Crippen molar-refractivity contribution in [2.24, 2.45) is 5.92 Å². The first-order chi connectivity index (χ1) is 8.59. The Bertz CT molecular complexity index is 461. The predicted octanol–water partition coefficient (Wildman–Crippen LogP) is 3.81. The van der Waals surface area contributed by atoms with Gasteiger partial charge in [0.2, 0.25) is 0 Å². The molecule has 2 nitrogen and oxygen atoms in total. The summed E-state index contributed by atoms with van der Waals surface area (Å²) in [6, 6.07) is 3.09. The highest BCUT2D eigenvalue weighted by atomic mass is 79.9. The highest BCUT2D eigenvalue weighted by Gasteiger charge is 2.19. The Hall–Kier alpha value is -0.450. The zero-order valence-electron chi connectivity index (χ0n) is 9.81. The molecule has 98 valence electrons. The minimum atomic E-state index is -0.624. The van der Waals surface area contributed by atoms with Crippen LogP contribution in [0.3, 0.4) is 0 Å². The number of Topliss-reactive ketones (excluding diaryl/α,β-unsaturated/α-hetero) is 1. The minimum absolute atomic E-state index is 0.0246. The Labute approximate surface area is 119 Å². The van der Waals surface area contributed by atoms with Crippen LogP contribution in [0.2, 0.25) is 5.02 Å². The van der Waals surface area contributed by atoms with E-state index in [1.807, 2.05) is 0 Å². The zero-order chi connectivity index (χ0) is 13.1. The summed E-state index contributed by atoms with van der Waals surface area (Å²) in [7, 11) is 0. The van der Waals surface area contributed by atoms with Crippen LogP contribution in [0.5, 0.6) is 0 Å². The van der Waals surface area contributed by atoms with E-state index in [4.69, 9.17) is 11.6 Å². The van der Waals surface area contributed by atoms with Crippen LogP contribution in [-0.2, 0) is 0 Å². The van der Waals surface area contributed by atoms with Crippen molar-refractivity contribution in [1.82, 2.24) is 5.32 Å². The van der Waals surface area contributed by atoms with Crippen LogP contribution in [0.1, 0.15) is 29.6 Å². The van der Waals surface area contributed by atoms with E-state index in [1.165, 1.54) is 6.07 Å². The van der Waals surface area contributed by atoms with Crippen molar-refractivity contribution >= 4 is 33.3 Å². The highest BCUT2D eigenvalue weighted by Crippen LogP contribution is 2.28. The Morgan fingerprint density at radius 3 is 3.00 bits per heavy atom. The number of benzene rings is 1. The van der Waals surface area contributed by atoms with Crippen LogP contribution in [0.25, 0.3) is 0 Å².